The summed E-state index contributed by atoms with van der Waals surface area (Å²) < 4.78 is 6.42. The van der Waals surface area contributed by atoms with Gasteiger partial charge in [0.25, 0.3) is 0 Å². The third-order valence-corrected chi connectivity index (χ3v) is 8.69. The van der Waals surface area contributed by atoms with Gasteiger partial charge >= 0.3 is 5.97 Å². The van der Waals surface area contributed by atoms with Gasteiger partial charge in [0.05, 0.1) is 5.92 Å². The number of nitrogens with one attached hydrogen (secondary N) is 1. The summed E-state index contributed by atoms with van der Waals surface area (Å²) in [7, 11) is 0. The molecule has 5 rings (SSSR count). The highest BCUT2D eigenvalue weighted by Crippen LogP contribution is 2.63. The van der Waals surface area contributed by atoms with E-state index in [9.17, 15) is 9.59 Å². The Morgan fingerprint density at radius 1 is 1.30 bits per heavy atom. The molecule has 0 aromatic rings. The SMILES string of the molecule is C=CCC1(OC(=O)C2CCNC2)CC[C@H]2[C@@H]3CCC4=CC(=O)CCC4=C3C=C[C@@]21C. The molecule has 0 bridgehead atoms. The standard InChI is InChI=1S/C26H33NO3/c1-3-11-26(30-24(29)18-10-14-27-16-18)13-9-23-22-6-4-17-15-19(28)5-7-20(17)21(22)8-12-25(23,26)2/h3,8,12,15,18,22-23,27H,1,4-7,9-11,13-14,16H2,2H3/t18?,22-,23+,25+,26?/m1/s1. The number of carbonyl (C=O) groups excluding carboxylic acids is 2. The van der Waals surface area contributed by atoms with Gasteiger partial charge in [-0.1, -0.05) is 25.2 Å². The second-order valence-corrected chi connectivity index (χ2v) is 10.1. The summed E-state index contributed by atoms with van der Waals surface area (Å²) in [5.74, 6) is 1.18. The Balaban J connectivity index is 1.51. The number of rotatable bonds is 4. The maximum absolute atomic E-state index is 13.0. The van der Waals surface area contributed by atoms with Crippen LogP contribution in [-0.2, 0) is 14.3 Å². The zero-order chi connectivity index (χ0) is 20.9. The Morgan fingerprint density at radius 3 is 2.93 bits per heavy atom. The Hall–Kier alpha value is -1.94. The largest absolute Gasteiger partial charge is 0.458 e. The molecule has 2 unspecified atom stereocenters. The van der Waals surface area contributed by atoms with E-state index in [2.05, 4.69) is 31.0 Å². The van der Waals surface area contributed by atoms with Crippen molar-refractivity contribution < 1.29 is 14.3 Å². The third-order valence-electron chi connectivity index (χ3n) is 8.69. The molecule has 0 radical (unpaired) electrons. The molecule has 5 aliphatic rings. The lowest BCUT2D eigenvalue weighted by atomic mass is 9.57. The monoisotopic (exact) mass is 407 g/mol. The first-order valence-corrected chi connectivity index (χ1v) is 11.7. The number of carbonyl (C=O) groups is 2. The topological polar surface area (TPSA) is 55.4 Å². The van der Waals surface area contributed by atoms with Gasteiger partial charge in [0, 0.05) is 24.8 Å². The summed E-state index contributed by atoms with van der Waals surface area (Å²) in [6.45, 7) is 7.94. The van der Waals surface area contributed by atoms with Crippen molar-refractivity contribution in [1.29, 1.82) is 0 Å². The van der Waals surface area contributed by atoms with Crippen molar-refractivity contribution in [3.63, 3.8) is 0 Å². The number of allylic oxidation sites excluding steroid dienone is 5. The number of hydrogen-bond donors (Lipinski definition) is 1. The molecular weight excluding hydrogens is 374 g/mol. The highest BCUT2D eigenvalue weighted by Gasteiger charge is 2.61. The molecule has 0 aromatic heterocycles. The van der Waals surface area contributed by atoms with E-state index in [0.717, 1.165) is 51.6 Å². The second-order valence-electron chi connectivity index (χ2n) is 10.1. The lowest BCUT2D eigenvalue weighted by Gasteiger charge is -2.50. The normalized spacial score (nSPS) is 39.8. The molecule has 1 aliphatic heterocycles. The first kappa shape index (κ1) is 20.0. The van der Waals surface area contributed by atoms with Gasteiger partial charge in [0.1, 0.15) is 5.60 Å². The zero-order valence-corrected chi connectivity index (χ0v) is 18.0. The fourth-order valence-electron chi connectivity index (χ4n) is 6.99. The lowest BCUT2D eigenvalue weighted by molar-refractivity contribution is -0.175. The number of ketones is 1. The molecule has 4 nitrogen and oxygen atoms in total. The van der Waals surface area contributed by atoms with Crippen LogP contribution in [0.3, 0.4) is 0 Å². The molecular formula is C26H33NO3. The van der Waals surface area contributed by atoms with Crippen molar-refractivity contribution in [3.05, 3.63) is 47.6 Å². The van der Waals surface area contributed by atoms with E-state index in [1.54, 1.807) is 0 Å². The summed E-state index contributed by atoms with van der Waals surface area (Å²) in [6, 6.07) is 0. The van der Waals surface area contributed by atoms with Crippen molar-refractivity contribution in [2.24, 2.45) is 23.2 Å². The van der Waals surface area contributed by atoms with Crippen LogP contribution in [0.15, 0.2) is 47.6 Å². The van der Waals surface area contributed by atoms with Crippen molar-refractivity contribution in [2.45, 2.75) is 63.9 Å². The van der Waals surface area contributed by atoms with Crippen LogP contribution in [0.4, 0.5) is 0 Å². The predicted molar refractivity (Wildman–Crippen MR) is 117 cm³/mol. The minimum absolute atomic E-state index is 0.0262. The Morgan fingerprint density at radius 2 is 2.17 bits per heavy atom. The molecule has 1 N–H and O–H groups in total. The number of fused-ring (bicyclic) bond motifs is 4. The van der Waals surface area contributed by atoms with Crippen LogP contribution in [-0.4, -0.2) is 30.4 Å². The van der Waals surface area contributed by atoms with Crippen LogP contribution in [0.2, 0.25) is 0 Å². The van der Waals surface area contributed by atoms with Gasteiger partial charge in [-0.15, -0.1) is 6.58 Å². The fraction of sp³-hybridized carbons (Fsp3) is 0.615. The highest BCUT2D eigenvalue weighted by atomic mass is 16.6. The maximum atomic E-state index is 13.0. The lowest BCUT2D eigenvalue weighted by Crippen LogP contribution is -2.51. The first-order valence-electron chi connectivity index (χ1n) is 11.7. The van der Waals surface area contributed by atoms with Gasteiger partial charge in [0.2, 0.25) is 0 Å². The van der Waals surface area contributed by atoms with E-state index in [1.165, 1.54) is 16.7 Å². The summed E-state index contributed by atoms with van der Waals surface area (Å²) in [4.78, 5) is 24.9. The average molecular weight is 408 g/mol. The molecule has 5 atom stereocenters. The molecule has 0 spiro atoms. The van der Waals surface area contributed by atoms with Crippen molar-refractivity contribution in [1.82, 2.24) is 5.32 Å². The predicted octanol–water partition coefficient (Wildman–Crippen LogP) is 4.44. The van der Waals surface area contributed by atoms with Crippen LogP contribution in [0.25, 0.3) is 0 Å². The van der Waals surface area contributed by atoms with Crippen molar-refractivity contribution in [3.8, 4) is 0 Å². The Kier molecular flexibility index (Phi) is 4.89. The Labute approximate surface area is 179 Å². The van der Waals surface area contributed by atoms with Gasteiger partial charge < -0.3 is 10.1 Å². The third kappa shape index (κ3) is 2.90. The van der Waals surface area contributed by atoms with E-state index in [4.69, 9.17) is 4.74 Å². The second kappa shape index (κ2) is 7.33. The fourth-order valence-corrected chi connectivity index (χ4v) is 6.99. The van der Waals surface area contributed by atoms with Crippen LogP contribution >= 0.6 is 0 Å². The molecule has 160 valence electrons. The molecule has 1 saturated carbocycles. The van der Waals surface area contributed by atoms with Gasteiger partial charge in [-0.3, -0.25) is 9.59 Å². The first-order chi connectivity index (χ1) is 14.5. The van der Waals surface area contributed by atoms with Crippen LogP contribution in [0, 0.1) is 23.2 Å². The van der Waals surface area contributed by atoms with Crippen LogP contribution in [0.5, 0.6) is 0 Å². The summed E-state index contributed by atoms with van der Waals surface area (Å²) >= 11 is 0. The van der Waals surface area contributed by atoms with E-state index >= 15 is 0 Å². The minimum atomic E-state index is -0.496. The van der Waals surface area contributed by atoms with E-state index in [1.807, 2.05) is 12.2 Å². The molecule has 1 heterocycles. The molecule has 2 fully saturated rings. The molecule has 0 amide bonds. The Bertz CT molecular complexity index is 875. The number of hydrogen-bond acceptors (Lipinski definition) is 4. The molecule has 0 aromatic carbocycles. The summed E-state index contributed by atoms with van der Waals surface area (Å²) in [5.41, 5.74) is 3.46. The van der Waals surface area contributed by atoms with Gasteiger partial charge in [-0.25, -0.2) is 0 Å². The number of esters is 1. The maximum Gasteiger partial charge on any atom is 0.310 e. The quantitative estimate of drug-likeness (QED) is 0.553. The van der Waals surface area contributed by atoms with Crippen LogP contribution < -0.4 is 5.32 Å². The van der Waals surface area contributed by atoms with Gasteiger partial charge in [-0.2, -0.15) is 0 Å². The summed E-state index contributed by atoms with van der Waals surface area (Å²) in [5, 5.41) is 3.28. The minimum Gasteiger partial charge on any atom is -0.458 e. The summed E-state index contributed by atoms with van der Waals surface area (Å²) in [6.07, 6.45) is 15.6. The zero-order valence-electron chi connectivity index (χ0n) is 18.0. The van der Waals surface area contributed by atoms with E-state index < -0.39 is 5.60 Å². The van der Waals surface area contributed by atoms with Crippen molar-refractivity contribution >= 4 is 11.8 Å². The van der Waals surface area contributed by atoms with Gasteiger partial charge in [-0.05, 0) is 79.7 Å². The van der Waals surface area contributed by atoms with E-state index in [-0.39, 0.29) is 23.1 Å². The van der Waals surface area contributed by atoms with E-state index in [0.29, 0.717) is 24.7 Å². The average Bonchev–Trinajstić information content (AvgIpc) is 3.35. The molecule has 30 heavy (non-hydrogen) atoms. The van der Waals surface area contributed by atoms with Crippen LogP contribution in [0.1, 0.15) is 58.3 Å². The molecule has 1 saturated heterocycles. The highest BCUT2D eigenvalue weighted by molar-refractivity contribution is 5.93. The molecule has 4 aliphatic carbocycles. The van der Waals surface area contributed by atoms with Gasteiger partial charge in [0.15, 0.2) is 5.78 Å². The number of ether oxygens (including phenoxy) is 1. The smallest absolute Gasteiger partial charge is 0.310 e. The van der Waals surface area contributed by atoms with Crippen molar-refractivity contribution in [2.75, 3.05) is 13.1 Å². The molecule has 4 heteroatoms.